The van der Waals surface area contributed by atoms with Gasteiger partial charge < -0.3 is 13.9 Å². The van der Waals surface area contributed by atoms with Gasteiger partial charge in [0.05, 0.1) is 0 Å². The molecule has 0 bridgehead atoms. The van der Waals surface area contributed by atoms with Crippen LogP contribution in [0, 0.1) is 0 Å². The third-order valence-electron chi connectivity index (χ3n) is 1.83. The SMILES string of the molecule is CC1(c2ccc(C=O)o2)OC=CO1. The van der Waals surface area contributed by atoms with E-state index in [1.165, 1.54) is 12.5 Å². The van der Waals surface area contributed by atoms with Crippen LogP contribution in [0.2, 0.25) is 0 Å². The molecule has 0 atom stereocenters. The van der Waals surface area contributed by atoms with Crippen molar-refractivity contribution in [2.75, 3.05) is 0 Å². The van der Waals surface area contributed by atoms with Crippen LogP contribution in [-0.4, -0.2) is 6.29 Å². The first-order valence-electron chi connectivity index (χ1n) is 3.81. The van der Waals surface area contributed by atoms with Gasteiger partial charge in [0.1, 0.15) is 12.5 Å². The second-order valence-corrected chi connectivity index (χ2v) is 2.77. The van der Waals surface area contributed by atoms with Gasteiger partial charge in [-0.3, -0.25) is 4.79 Å². The standard InChI is InChI=1S/C9H8O4/c1-9(11-4-5-12-9)8-3-2-7(6-10)13-8/h2-6H,1H3. The van der Waals surface area contributed by atoms with E-state index in [9.17, 15) is 4.79 Å². The van der Waals surface area contributed by atoms with Crippen molar-refractivity contribution < 1.29 is 18.7 Å². The second kappa shape index (κ2) is 2.65. The number of aldehydes is 1. The summed E-state index contributed by atoms with van der Waals surface area (Å²) in [7, 11) is 0. The summed E-state index contributed by atoms with van der Waals surface area (Å²) < 4.78 is 15.5. The Bertz CT molecular complexity index is 342. The van der Waals surface area contributed by atoms with Crippen molar-refractivity contribution >= 4 is 6.29 Å². The predicted octanol–water partition coefficient (Wildman–Crippen LogP) is 1.78. The van der Waals surface area contributed by atoms with Crippen LogP contribution in [0.1, 0.15) is 23.2 Å². The van der Waals surface area contributed by atoms with Gasteiger partial charge in [0.2, 0.25) is 0 Å². The molecule has 1 aliphatic heterocycles. The average Bonchev–Trinajstić information content (AvgIpc) is 2.72. The first-order valence-corrected chi connectivity index (χ1v) is 3.81. The maximum atomic E-state index is 10.3. The number of hydrogen-bond acceptors (Lipinski definition) is 4. The maximum absolute atomic E-state index is 10.3. The lowest BCUT2D eigenvalue weighted by atomic mass is 10.2. The molecule has 0 saturated heterocycles. The van der Waals surface area contributed by atoms with Crippen LogP contribution in [0.4, 0.5) is 0 Å². The highest BCUT2D eigenvalue weighted by Crippen LogP contribution is 2.32. The first kappa shape index (κ1) is 7.91. The number of hydrogen-bond donors (Lipinski definition) is 0. The van der Waals surface area contributed by atoms with Gasteiger partial charge in [0, 0.05) is 6.92 Å². The van der Waals surface area contributed by atoms with Crippen LogP contribution < -0.4 is 0 Å². The van der Waals surface area contributed by atoms with Crippen molar-refractivity contribution in [3.05, 3.63) is 36.2 Å². The highest BCUT2D eigenvalue weighted by Gasteiger charge is 2.35. The lowest BCUT2D eigenvalue weighted by Gasteiger charge is -2.19. The summed E-state index contributed by atoms with van der Waals surface area (Å²) in [5.74, 6) is -0.198. The maximum Gasteiger partial charge on any atom is 0.306 e. The van der Waals surface area contributed by atoms with E-state index >= 15 is 0 Å². The monoisotopic (exact) mass is 180 g/mol. The molecule has 0 aromatic carbocycles. The average molecular weight is 180 g/mol. The molecule has 0 unspecified atom stereocenters. The third-order valence-corrected chi connectivity index (χ3v) is 1.83. The topological polar surface area (TPSA) is 48.7 Å². The zero-order valence-corrected chi connectivity index (χ0v) is 7.02. The van der Waals surface area contributed by atoms with Crippen molar-refractivity contribution in [2.24, 2.45) is 0 Å². The van der Waals surface area contributed by atoms with Crippen molar-refractivity contribution in [2.45, 2.75) is 12.7 Å². The molecule has 0 radical (unpaired) electrons. The van der Waals surface area contributed by atoms with Gasteiger partial charge in [-0.25, -0.2) is 0 Å². The number of furan rings is 1. The summed E-state index contributed by atoms with van der Waals surface area (Å²) in [6.45, 7) is 1.71. The van der Waals surface area contributed by atoms with E-state index in [1.807, 2.05) is 0 Å². The molecule has 4 nitrogen and oxygen atoms in total. The van der Waals surface area contributed by atoms with Crippen molar-refractivity contribution in [1.82, 2.24) is 0 Å². The van der Waals surface area contributed by atoms with Crippen LogP contribution in [0.15, 0.2) is 29.1 Å². The number of carbonyl (C=O) groups is 1. The first-order chi connectivity index (χ1) is 6.24. The molecule has 0 N–H and O–H groups in total. The van der Waals surface area contributed by atoms with Gasteiger partial charge in [0.15, 0.2) is 17.8 Å². The van der Waals surface area contributed by atoms with Crippen molar-refractivity contribution in [3.8, 4) is 0 Å². The van der Waals surface area contributed by atoms with Crippen LogP contribution in [-0.2, 0) is 15.3 Å². The zero-order chi connectivity index (χ0) is 9.31. The molecule has 0 fully saturated rings. The fraction of sp³-hybridized carbons (Fsp3) is 0.222. The minimum Gasteiger partial charge on any atom is -0.450 e. The van der Waals surface area contributed by atoms with Crippen LogP contribution in [0.25, 0.3) is 0 Å². The van der Waals surface area contributed by atoms with E-state index in [1.54, 1.807) is 19.1 Å². The van der Waals surface area contributed by atoms with Crippen LogP contribution in [0.5, 0.6) is 0 Å². The number of ether oxygens (including phenoxy) is 2. The van der Waals surface area contributed by atoms with Crippen LogP contribution in [0.3, 0.4) is 0 Å². The van der Waals surface area contributed by atoms with Crippen LogP contribution >= 0.6 is 0 Å². The third kappa shape index (κ3) is 1.20. The van der Waals surface area contributed by atoms with Crippen molar-refractivity contribution in [1.29, 1.82) is 0 Å². The smallest absolute Gasteiger partial charge is 0.306 e. The Kier molecular flexibility index (Phi) is 1.62. The highest BCUT2D eigenvalue weighted by molar-refractivity contribution is 5.70. The lowest BCUT2D eigenvalue weighted by molar-refractivity contribution is -0.147. The van der Waals surface area contributed by atoms with Gasteiger partial charge in [0.25, 0.3) is 0 Å². The molecule has 0 aliphatic carbocycles. The van der Waals surface area contributed by atoms with Gasteiger partial charge >= 0.3 is 5.79 Å². The molecule has 2 rings (SSSR count). The summed E-state index contributed by atoms with van der Waals surface area (Å²) in [5.41, 5.74) is 0. The molecular formula is C9H8O4. The van der Waals surface area contributed by atoms with Gasteiger partial charge in [-0.1, -0.05) is 0 Å². The van der Waals surface area contributed by atoms with E-state index in [0.29, 0.717) is 12.0 Å². The Labute approximate surface area is 74.7 Å². The molecule has 4 heteroatoms. The summed E-state index contributed by atoms with van der Waals surface area (Å²) in [4.78, 5) is 10.3. The molecule has 1 aromatic heterocycles. The van der Waals surface area contributed by atoms with E-state index in [-0.39, 0.29) is 5.76 Å². The molecule has 0 spiro atoms. The quantitative estimate of drug-likeness (QED) is 0.651. The summed E-state index contributed by atoms with van der Waals surface area (Å²) in [5, 5.41) is 0. The predicted molar refractivity (Wildman–Crippen MR) is 42.8 cm³/mol. The van der Waals surface area contributed by atoms with E-state index in [0.717, 1.165) is 0 Å². The Balaban J connectivity index is 2.29. The molecule has 0 saturated carbocycles. The van der Waals surface area contributed by atoms with Gasteiger partial charge in [-0.2, -0.15) is 0 Å². The van der Waals surface area contributed by atoms with Gasteiger partial charge in [-0.15, -0.1) is 0 Å². The number of carbonyl (C=O) groups excluding carboxylic acids is 1. The fourth-order valence-corrected chi connectivity index (χ4v) is 1.12. The van der Waals surface area contributed by atoms with Gasteiger partial charge in [-0.05, 0) is 12.1 Å². The van der Waals surface area contributed by atoms with E-state index in [2.05, 4.69) is 0 Å². The Morgan fingerprint density at radius 1 is 1.31 bits per heavy atom. The number of rotatable bonds is 2. The zero-order valence-electron chi connectivity index (χ0n) is 7.02. The van der Waals surface area contributed by atoms with E-state index < -0.39 is 5.79 Å². The molecule has 0 amide bonds. The summed E-state index contributed by atoms with van der Waals surface area (Å²) in [6.07, 6.45) is 3.50. The van der Waals surface area contributed by atoms with Crippen molar-refractivity contribution in [3.63, 3.8) is 0 Å². The Hall–Kier alpha value is -1.71. The lowest BCUT2D eigenvalue weighted by Crippen LogP contribution is -2.21. The molecule has 1 aliphatic rings. The molecule has 2 heterocycles. The summed E-state index contributed by atoms with van der Waals surface area (Å²) in [6, 6.07) is 3.22. The Morgan fingerprint density at radius 2 is 2.00 bits per heavy atom. The molecule has 68 valence electrons. The normalized spacial score (nSPS) is 17.9. The fourth-order valence-electron chi connectivity index (χ4n) is 1.12. The largest absolute Gasteiger partial charge is 0.450 e. The second-order valence-electron chi connectivity index (χ2n) is 2.77. The highest BCUT2D eigenvalue weighted by atomic mass is 16.7. The summed E-state index contributed by atoms with van der Waals surface area (Å²) >= 11 is 0. The van der Waals surface area contributed by atoms with E-state index in [4.69, 9.17) is 13.9 Å². The molecular weight excluding hydrogens is 172 g/mol. The molecule has 13 heavy (non-hydrogen) atoms. The molecule has 1 aromatic rings. The Morgan fingerprint density at radius 3 is 2.54 bits per heavy atom. The minimum absolute atomic E-state index is 0.260. The minimum atomic E-state index is -0.929.